The SMILES string of the molecule is C/C(Br)=C(\C)c1ccccc1Br. The number of halogens is 2. The Morgan fingerprint density at radius 3 is 2.25 bits per heavy atom. The molecule has 0 aliphatic rings. The lowest BCUT2D eigenvalue weighted by atomic mass is 10.1. The summed E-state index contributed by atoms with van der Waals surface area (Å²) in [4.78, 5) is 0. The zero-order valence-corrected chi connectivity index (χ0v) is 10.2. The second-order valence-electron chi connectivity index (χ2n) is 2.64. The number of hydrogen-bond donors (Lipinski definition) is 0. The summed E-state index contributed by atoms with van der Waals surface area (Å²) in [7, 11) is 0. The zero-order chi connectivity index (χ0) is 9.14. The van der Waals surface area contributed by atoms with Crippen molar-refractivity contribution in [3.05, 3.63) is 38.8 Å². The first-order chi connectivity index (χ1) is 5.63. The van der Waals surface area contributed by atoms with Gasteiger partial charge in [0.1, 0.15) is 0 Å². The summed E-state index contributed by atoms with van der Waals surface area (Å²) in [5.74, 6) is 0. The van der Waals surface area contributed by atoms with Gasteiger partial charge in [-0.3, -0.25) is 0 Å². The minimum Gasteiger partial charge on any atom is -0.0616 e. The molecular weight excluding hydrogens is 280 g/mol. The van der Waals surface area contributed by atoms with Crippen LogP contribution in [-0.2, 0) is 0 Å². The van der Waals surface area contributed by atoms with Gasteiger partial charge in [0.05, 0.1) is 0 Å². The molecule has 0 saturated heterocycles. The van der Waals surface area contributed by atoms with Crippen LogP contribution < -0.4 is 0 Å². The van der Waals surface area contributed by atoms with Crippen LogP contribution in [0.15, 0.2) is 33.2 Å². The Morgan fingerprint density at radius 2 is 1.75 bits per heavy atom. The first kappa shape index (κ1) is 10.0. The molecule has 0 fully saturated rings. The van der Waals surface area contributed by atoms with Gasteiger partial charge < -0.3 is 0 Å². The topological polar surface area (TPSA) is 0 Å². The van der Waals surface area contributed by atoms with Gasteiger partial charge >= 0.3 is 0 Å². The van der Waals surface area contributed by atoms with Gasteiger partial charge in [-0.2, -0.15) is 0 Å². The van der Waals surface area contributed by atoms with Gasteiger partial charge in [0.25, 0.3) is 0 Å². The van der Waals surface area contributed by atoms with Gasteiger partial charge in [0, 0.05) is 4.47 Å². The number of benzene rings is 1. The van der Waals surface area contributed by atoms with E-state index in [2.05, 4.69) is 57.8 Å². The van der Waals surface area contributed by atoms with Gasteiger partial charge in [-0.05, 0) is 35.5 Å². The van der Waals surface area contributed by atoms with Crippen molar-refractivity contribution < 1.29 is 0 Å². The summed E-state index contributed by atoms with van der Waals surface area (Å²) >= 11 is 6.98. The van der Waals surface area contributed by atoms with Crippen molar-refractivity contribution in [3.63, 3.8) is 0 Å². The highest BCUT2D eigenvalue weighted by Gasteiger charge is 2.01. The number of allylic oxidation sites excluding steroid dienone is 2. The summed E-state index contributed by atoms with van der Waals surface area (Å²) in [6, 6.07) is 8.21. The molecule has 1 aromatic carbocycles. The lowest BCUT2D eigenvalue weighted by Gasteiger charge is -2.04. The maximum Gasteiger partial charge on any atom is 0.0250 e. The molecule has 64 valence electrons. The second kappa shape index (κ2) is 4.24. The van der Waals surface area contributed by atoms with E-state index in [1.54, 1.807) is 0 Å². The smallest absolute Gasteiger partial charge is 0.0250 e. The monoisotopic (exact) mass is 288 g/mol. The highest BCUT2D eigenvalue weighted by atomic mass is 79.9. The van der Waals surface area contributed by atoms with E-state index < -0.39 is 0 Å². The van der Waals surface area contributed by atoms with Crippen molar-refractivity contribution in [1.82, 2.24) is 0 Å². The molecule has 0 amide bonds. The van der Waals surface area contributed by atoms with Crippen molar-refractivity contribution in [3.8, 4) is 0 Å². The van der Waals surface area contributed by atoms with Gasteiger partial charge in [0.2, 0.25) is 0 Å². The van der Waals surface area contributed by atoms with E-state index in [0.717, 1.165) is 4.47 Å². The number of rotatable bonds is 1. The molecule has 1 rings (SSSR count). The standard InChI is InChI=1S/C10H10Br2/c1-7(8(2)11)9-5-3-4-6-10(9)12/h3-6H,1-2H3/b8-7-. The number of hydrogen-bond acceptors (Lipinski definition) is 0. The van der Waals surface area contributed by atoms with E-state index in [0.29, 0.717) is 0 Å². The molecule has 0 aliphatic heterocycles. The molecule has 0 bridgehead atoms. The van der Waals surface area contributed by atoms with E-state index in [-0.39, 0.29) is 0 Å². The van der Waals surface area contributed by atoms with Crippen LogP contribution in [0.25, 0.3) is 5.57 Å². The van der Waals surface area contributed by atoms with Crippen molar-refractivity contribution >= 4 is 37.4 Å². The molecule has 12 heavy (non-hydrogen) atoms. The largest absolute Gasteiger partial charge is 0.0616 e. The molecule has 0 saturated carbocycles. The fourth-order valence-electron chi connectivity index (χ4n) is 0.951. The van der Waals surface area contributed by atoms with Crippen LogP contribution in [0.3, 0.4) is 0 Å². The van der Waals surface area contributed by atoms with Gasteiger partial charge in [-0.25, -0.2) is 0 Å². The molecule has 2 heteroatoms. The Hall–Kier alpha value is -0.0800. The lowest BCUT2D eigenvalue weighted by Crippen LogP contribution is -1.81. The Labute approximate surface area is 89.9 Å². The molecule has 0 aliphatic carbocycles. The molecule has 0 atom stereocenters. The first-order valence-electron chi connectivity index (χ1n) is 3.71. The van der Waals surface area contributed by atoms with E-state index in [4.69, 9.17) is 0 Å². The van der Waals surface area contributed by atoms with E-state index in [9.17, 15) is 0 Å². The minimum atomic E-state index is 1.14. The van der Waals surface area contributed by atoms with E-state index in [1.165, 1.54) is 15.6 Å². The molecule has 0 N–H and O–H groups in total. The molecular formula is C10H10Br2. The molecule has 0 radical (unpaired) electrons. The van der Waals surface area contributed by atoms with E-state index in [1.807, 2.05) is 12.1 Å². The summed E-state index contributed by atoms with van der Waals surface area (Å²) in [5.41, 5.74) is 2.51. The Bertz CT molecular complexity index is 309. The average molecular weight is 290 g/mol. The summed E-state index contributed by atoms with van der Waals surface area (Å²) in [6.45, 7) is 4.15. The van der Waals surface area contributed by atoms with Gasteiger partial charge in [0.15, 0.2) is 0 Å². The summed E-state index contributed by atoms with van der Waals surface area (Å²) in [6.07, 6.45) is 0. The third-order valence-electron chi connectivity index (χ3n) is 1.79. The maximum atomic E-state index is 3.51. The maximum absolute atomic E-state index is 3.51. The van der Waals surface area contributed by atoms with Crippen LogP contribution in [0.5, 0.6) is 0 Å². The summed E-state index contributed by atoms with van der Waals surface area (Å²) in [5, 5.41) is 0. The van der Waals surface area contributed by atoms with Crippen LogP contribution in [0.4, 0.5) is 0 Å². The third kappa shape index (κ3) is 2.20. The predicted octanol–water partition coefficient (Wildman–Crippen LogP) is 4.59. The quantitative estimate of drug-likeness (QED) is 0.709. The van der Waals surface area contributed by atoms with Crippen molar-refractivity contribution in [2.45, 2.75) is 13.8 Å². The molecule has 0 spiro atoms. The molecule has 0 unspecified atom stereocenters. The lowest BCUT2D eigenvalue weighted by molar-refractivity contribution is 1.50. The van der Waals surface area contributed by atoms with Gasteiger partial charge in [-0.15, -0.1) is 0 Å². The van der Waals surface area contributed by atoms with Crippen LogP contribution in [0.2, 0.25) is 0 Å². The van der Waals surface area contributed by atoms with Crippen LogP contribution in [0.1, 0.15) is 19.4 Å². The van der Waals surface area contributed by atoms with E-state index >= 15 is 0 Å². The first-order valence-corrected chi connectivity index (χ1v) is 5.29. The Morgan fingerprint density at radius 1 is 1.17 bits per heavy atom. The second-order valence-corrected chi connectivity index (χ2v) is 4.68. The van der Waals surface area contributed by atoms with Gasteiger partial charge in [-0.1, -0.05) is 50.1 Å². The average Bonchev–Trinajstić information content (AvgIpc) is 2.04. The van der Waals surface area contributed by atoms with Crippen LogP contribution >= 0.6 is 31.9 Å². The fraction of sp³-hybridized carbons (Fsp3) is 0.200. The third-order valence-corrected chi connectivity index (χ3v) is 3.08. The zero-order valence-electron chi connectivity index (χ0n) is 7.07. The molecule has 0 aromatic heterocycles. The van der Waals surface area contributed by atoms with Crippen molar-refractivity contribution in [1.29, 1.82) is 0 Å². The fourth-order valence-corrected chi connectivity index (χ4v) is 1.75. The molecule has 0 nitrogen and oxygen atoms in total. The summed E-state index contributed by atoms with van der Waals surface area (Å²) < 4.78 is 2.32. The Kier molecular flexibility index (Phi) is 3.53. The molecule has 0 heterocycles. The highest BCUT2D eigenvalue weighted by Crippen LogP contribution is 2.27. The highest BCUT2D eigenvalue weighted by molar-refractivity contribution is 9.11. The van der Waals surface area contributed by atoms with Crippen molar-refractivity contribution in [2.24, 2.45) is 0 Å². The predicted molar refractivity (Wildman–Crippen MR) is 61.3 cm³/mol. The van der Waals surface area contributed by atoms with Crippen molar-refractivity contribution in [2.75, 3.05) is 0 Å². The molecule has 1 aromatic rings. The Balaban J connectivity index is 3.21. The van der Waals surface area contributed by atoms with Crippen LogP contribution in [0, 0.1) is 0 Å². The van der Waals surface area contributed by atoms with Crippen LogP contribution in [-0.4, -0.2) is 0 Å². The normalized spacial score (nSPS) is 12.7. The minimum absolute atomic E-state index is 1.14.